The van der Waals surface area contributed by atoms with Crippen LogP contribution in [0.4, 0.5) is 0 Å². The number of aliphatic hydroxyl groups is 2. The highest BCUT2D eigenvalue weighted by atomic mass is 16.6. The summed E-state index contributed by atoms with van der Waals surface area (Å²) in [4.78, 5) is 24.8. The van der Waals surface area contributed by atoms with E-state index in [4.69, 9.17) is 9.47 Å². The third-order valence-electron chi connectivity index (χ3n) is 3.56. The van der Waals surface area contributed by atoms with Crippen LogP contribution < -0.4 is 0 Å². The van der Waals surface area contributed by atoms with Gasteiger partial charge in [0.25, 0.3) is 0 Å². The van der Waals surface area contributed by atoms with Gasteiger partial charge in [-0.25, -0.2) is 9.59 Å². The summed E-state index contributed by atoms with van der Waals surface area (Å²) in [6, 6.07) is 0. The van der Waals surface area contributed by atoms with E-state index in [9.17, 15) is 19.8 Å². The standard InChI is InChI=1S/C16H30O6/c1-9(2)15(19,13(17)21-11(5)6)16(20,10(3)4)14(18)22-12(7)8/h9-12,19-20H,1-8H3. The Morgan fingerprint density at radius 3 is 1.05 bits per heavy atom. The maximum Gasteiger partial charge on any atom is 0.342 e. The van der Waals surface area contributed by atoms with Gasteiger partial charge in [0, 0.05) is 0 Å². The van der Waals surface area contributed by atoms with E-state index in [0.717, 1.165) is 0 Å². The summed E-state index contributed by atoms with van der Waals surface area (Å²) >= 11 is 0. The number of hydrogen-bond donors (Lipinski definition) is 2. The van der Waals surface area contributed by atoms with E-state index in [1.54, 1.807) is 27.7 Å². The molecule has 0 saturated heterocycles. The first-order valence-corrected chi connectivity index (χ1v) is 7.68. The molecule has 6 nitrogen and oxygen atoms in total. The molecule has 0 aliphatic carbocycles. The molecule has 0 saturated carbocycles. The smallest absolute Gasteiger partial charge is 0.342 e. The van der Waals surface area contributed by atoms with Gasteiger partial charge >= 0.3 is 11.9 Å². The number of carbonyl (C=O) groups is 2. The predicted molar refractivity (Wildman–Crippen MR) is 82.0 cm³/mol. The average molecular weight is 318 g/mol. The van der Waals surface area contributed by atoms with E-state index >= 15 is 0 Å². The number of esters is 2. The van der Waals surface area contributed by atoms with Gasteiger partial charge in [-0.2, -0.15) is 0 Å². The molecule has 0 aliphatic rings. The maximum atomic E-state index is 12.4. The van der Waals surface area contributed by atoms with Gasteiger partial charge in [0.15, 0.2) is 0 Å². The first kappa shape index (κ1) is 20.9. The zero-order valence-electron chi connectivity index (χ0n) is 14.8. The fourth-order valence-corrected chi connectivity index (χ4v) is 2.27. The molecule has 6 heteroatoms. The second kappa shape index (κ2) is 7.42. The number of rotatable bonds is 7. The SMILES string of the molecule is CC(C)OC(=O)C(O)(C(C)C)C(O)(C(=O)OC(C)C)C(C)C. The van der Waals surface area contributed by atoms with E-state index in [0.29, 0.717) is 0 Å². The lowest BCUT2D eigenvalue weighted by Gasteiger charge is -2.44. The summed E-state index contributed by atoms with van der Waals surface area (Å²) in [5, 5.41) is 21.9. The van der Waals surface area contributed by atoms with E-state index in [-0.39, 0.29) is 0 Å². The molecule has 0 aliphatic heterocycles. The number of ether oxygens (including phenoxy) is 2. The van der Waals surface area contributed by atoms with Gasteiger partial charge in [0.1, 0.15) is 0 Å². The monoisotopic (exact) mass is 318 g/mol. The van der Waals surface area contributed by atoms with Crippen molar-refractivity contribution in [1.82, 2.24) is 0 Å². The Morgan fingerprint density at radius 2 is 0.909 bits per heavy atom. The Bertz CT molecular complexity index is 363. The fourth-order valence-electron chi connectivity index (χ4n) is 2.27. The van der Waals surface area contributed by atoms with Gasteiger partial charge in [-0.3, -0.25) is 0 Å². The first-order chi connectivity index (χ1) is 9.81. The molecule has 2 atom stereocenters. The van der Waals surface area contributed by atoms with E-state index in [1.165, 1.54) is 27.7 Å². The Hall–Kier alpha value is -1.14. The van der Waals surface area contributed by atoms with Crippen LogP contribution in [0, 0.1) is 11.8 Å². The maximum absolute atomic E-state index is 12.4. The molecule has 0 aromatic rings. The highest BCUT2D eigenvalue weighted by Crippen LogP contribution is 2.38. The van der Waals surface area contributed by atoms with Crippen molar-refractivity contribution in [2.24, 2.45) is 11.8 Å². The average Bonchev–Trinajstić information content (AvgIpc) is 2.33. The molecule has 2 unspecified atom stereocenters. The normalized spacial score (nSPS) is 17.5. The van der Waals surface area contributed by atoms with Crippen LogP contribution in [0.5, 0.6) is 0 Å². The van der Waals surface area contributed by atoms with Crippen molar-refractivity contribution < 1.29 is 29.3 Å². The van der Waals surface area contributed by atoms with E-state index in [2.05, 4.69) is 0 Å². The zero-order chi connectivity index (χ0) is 17.9. The molecule has 0 rings (SSSR count). The van der Waals surface area contributed by atoms with Gasteiger partial charge in [0.2, 0.25) is 11.2 Å². The largest absolute Gasteiger partial charge is 0.461 e. The van der Waals surface area contributed by atoms with Crippen LogP contribution in [0.3, 0.4) is 0 Å². The molecule has 22 heavy (non-hydrogen) atoms. The van der Waals surface area contributed by atoms with E-state index in [1.807, 2.05) is 0 Å². The summed E-state index contributed by atoms with van der Waals surface area (Å²) in [5.74, 6) is -3.58. The highest BCUT2D eigenvalue weighted by molar-refractivity contribution is 5.93. The van der Waals surface area contributed by atoms with Gasteiger partial charge < -0.3 is 19.7 Å². The molecular weight excluding hydrogens is 288 g/mol. The lowest BCUT2D eigenvalue weighted by Crippen LogP contribution is -2.70. The van der Waals surface area contributed by atoms with Crippen molar-refractivity contribution in [3.63, 3.8) is 0 Å². The topological polar surface area (TPSA) is 93.1 Å². The summed E-state index contributed by atoms with van der Waals surface area (Å²) in [6.45, 7) is 12.7. The predicted octanol–water partition coefficient (Wildman–Crippen LogP) is 1.66. The minimum Gasteiger partial charge on any atom is -0.461 e. The van der Waals surface area contributed by atoms with Gasteiger partial charge in [-0.1, -0.05) is 27.7 Å². The zero-order valence-corrected chi connectivity index (χ0v) is 14.8. The van der Waals surface area contributed by atoms with Crippen molar-refractivity contribution in [2.75, 3.05) is 0 Å². The summed E-state index contributed by atoms with van der Waals surface area (Å²) < 4.78 is 10.1. The van der Waals surface area contributed by atoms with E-state index < -0.39 is 47.2 Å². The molecule has 0 spiro atoms. The molecule has 0 bridgehead atoms. The van der Waals surface area contributed by atoms with Crippen LogP contribution in [0.1, 0.15) is 55.4 Å². The molecular formula is C16H30O6. The second-order valence-corrected chi connectivity index (χ2v) is 6.75. The van der Waals surface area contributed by atoms with Crippen molar-refractivity contribution in [2.45, 2.75) is 78.8 Å². The minimum atomic E-state index is -2.41. The lowest BCUT2D eigenvalue weighted by atomic mass is 9.69. The molecule has 0 aromatic carbocycles. The van der Waals surface area contributed by atoms with Crippen LogP contribution in [0.15, 0.2) is 0 Å². The summed E-state index contributed by atoms with van der Waals surface area (Å²) in [7, 11) is 0. The van der Waals surface area contributed by atoms with Crippen LogP contribution in [-0.2, 0) is 19.1 Å². The Balaban J connectivity index is 6.02. The Labute approximate surface area is 132 Å². The van der Waals surface area contributed by atoms with Crippen LogP contribution in [0.25, 0.3) is 0 Å². The summed E-state index contributed by atoms with van der Waals surface area (Å²) in [6.07, 6.45) is -0.981. The Kier molecular flexibility index (Phi) is 7.03. The third kappa shape index (κ3) is 3.79. The fraction of sp³-hybridized carbons (Fsp3) is 0.875. The van der Waals surface area contributed by atoms with Crippen molar-refractivity contribution in [3.8, 4) is 0 Å². The van der Waals surface area contributed by atoms with Gasteiger partial charge in [0.05, 0.1) is 12.2 Å². The van der Waals surface area contributed by atoms with Crippen LogP contribution in [0.2, 0.25) is 0 Å². The highest BCUT2D eigenvalue weighted by Gasteiger charge is 2.65. The first-order valence-electron chi connectivity index (χ1n) is 7.68. The van der Waals surface area contributed by atoms with Crippen molar-refractivity contribution in [3.05, 3.63) is 0 Å². The van der Waals surface area contributed by atoms with Crippen molar-refractivity contribution in [1.29, 1.82) is 0 Å². The van der Waals surface area contributed by atoms with Crippen molar-refractivity contribution >= 4 is 11.9 Å². The molecule has 0 radical (unpaired) electrons. The molecule has 2 N–H and O–H groups in total. The molecule has 130 valence electrons. The molecule has 0 heterocycles. The van der Waals surface area contributed by atoms with Crippen LogP contribution >= 0.6 is 0 Å². The lowest BCUT2D eigenvalue weighted by molar-refractivity contribution is -0.235. The molecule has 0 aromatic heterocycles. The number of hydrogen-bond acceptors (Lipinski definition) is 6. The third-order valence-corrected chi connectivity index (χ3v) is 3.56. The van der Waals surface area contributed by atoms with Gasteiger partial charge in [-0.05, 0) is 39.5 Å². The molecule has 0 fully saturated rings. The van der Waals surface area contributed by atoms with Gasteiger partial charge in [-0.15, -0.1) is 0 Å². The minimum absolute atomic E-state index is 0.490. The van der Waals surface area contributed by atoms with Crippen LogP contribution in [-0.4, -0.2) is 45.6 Å². The second-order valence-electron chi connectivity index (χ2n) is 6.75. The number of carbonyl (C=O) groups excluding carboxylic acids is 2. The Morgan fingerprint density at radius 1 is 0.682 bits per heavy atom. The summed E-state index contributed by atoms with van der Waals surface area (Å²) in [5.41, 5.74) is -4.81. The molecule has 0 amide bonds. The quantitative estimate of drug-likeness (QED) is 0.694.